The van der Waals surface area contributed by atoms with Crippen LogP contribution in [0.15, 0.2) is 16.6 Å². The van der Waals surface area contributed by atoms with Crippen LogP contribution in [0.2, 0.25) is 5.02 Å². The SMILES string of the molecule is Cc1cc(Cl)c(CCl)cc1Br. The molecule has 1 rings (SSSR count). The number of alkyl halides is 1. The van der Waals surface area contributed by atoms with Crippen LogP contribution < -0.4 is 0 Å². The van der Waals surface area contributed by atoms with Crippen molar-refractivity contribution in [3.05, 3.63) is 32.8 Å². The molecule has 1 aromatic rings. The first-order chi connectivity index (χ1) is 5.15. The zero-order valence-electron chi connectivity index (χ0n) is 6.00. The lowest BCUT2D eigenvalue weighted by atomic mass is 10.2. The summed E-state index contributed by atoms with van der Waals surface area (Å²) in [6, 6.07) is 3.86. The van der Waals surface area contributed by atoms with E-state index in [4.69, 9.17) is 23.2 Å². The topological polar surface area (TPSA) is 0 Å². The van der Waals surface area contributed by atoms with E-state index in [-0.39, 0.29) is 0 Å². The predicted molar refractivity (Wildman–Crippen MR) is 53.4 cm³/mol. The molecular formula is C8H7BrCl2. The molecule has 0 bridgehead atoms. The first-order valence-electron chi connectivity index (χ1n) is 3.15. The summed E-state index contributed by atoms with van der Waals surface area (Å²) in [6.07, 6.45) is 0. The van der Waals surface area contributed by atoms with E-state index >= 15 is 0 Å². The Morgan fingerprint density at radius 1 is 1.45 bits per heavy atom. The maximum Gasteiger partial charge on any atom is 0.0489 e. The van der Waals surface area contributed by atoms with Crippen LogP contribution in [0.5, 0.6) is 0 Å². The Balaban J connectivity index is 3.21. The quantitative estimate of drug-likeness (QED) is 0.660. The van der Waals surface area contributed by atoms with Crippen molar-refractivity contribution in [2.45, 2.75) is 12.8 Å². The Hall–Kier alpha value is 0.280. The number of hydrogen-bond acceptors (Lipinski definition) is 0. The number of rotatable bonds is 1. The summed E-state index contributed by atoms with van der Waals surface area (Å²) in [5.74, 6) is 0.456. The molecule has 0 aromatic heterocycles. The van der Waals surface area contributed by atoms with E-state index < -0.39 is 0 Å². The van der Waals surface area contributed by atoms with Gasteiger partial charge in [-0.05, 0) is 30.2 Å². The van der Waals surface area contributed by atoms with Gasteiger partial charge in [-0.1, -0.05) is 27.5 Å². The van der Waals surface area contributed by atoms with E-state index in [0.717, 1.165) is 20.6 Å². The van der Waals surface area contributed by atoms with Crippen LogP contribution in [0.25, 0.3) is 0 Å². The molecule has 0 aliphatic rings. The second kappa shape index (κ2) is 3.79. The normalized spacial score (nSPS) is 10.2. The third kappa shape index (κ3) is 2.11. The highest BCUT2D eigenvalue weighted by molar-refractivity contribution is 9.10. The van der Waals surface area contributed by atoms with Crippen molar-refractivity contribution < 1.29 is 0 Å². The van der Waals surface area contributed by atoms with Crippen molar-refractivity contribution in [1.82, 2.24) is 0 Å². The molecule has 3 heteroatoms. The minimum Gasteiger partial charge on any atom is -0.121 e. The zero-order chi connectivity index (χ0) is 8.43. The van der Waals surface area contributed by atoms with Gasteiger partial charge in [-0.3, -0.25) is 0 Å². The molecule has 0 N–H and O–H groups in total. The molecule has 0 radical (unpaired) electrons. The van der Waals surface area contributed by atoms with Crippen LogP contribution in [0.1, 0.15) is 11.1 Å². The van der Waals surface area contributed by atoms with Gasteiger partial charge in [-0.2, -0.15) is 0 Å². The molecule has 0 spiro atoms. The second-order valence-electron chi connectivity index (χ2n) is 2.33. The lowest BCUT2D eigenvalue weighted by molar-refractivity contribution is 1.33. The third-order valence-electron chi connectivity index (χ3n) is 1.47. The molecule has 0 saturated heterocycles. The van der Waals surface area contributed by atoms with E-state index in [1.807, 2.05) is 19.1 Å². The Kier molecular flexibility index (Phi) is 3.23. The third-order valence-corrected chi connectivity index (χ3v) is 2.97. The molecule has 0 fully saturated rings. The van der Waals surface area contributed by atoms with Crippen LogP contribution in [-0.2, 0) is 5.88 Å². The van der Waals surface area contributed by atoms with Gasteiger partial charge < -0.3 is 0 Å². The van der Waals surface area contributed by atoms with Gasteiger partial charge >= 0.3 is 0 Å². The predicted octanol–water partition coefficient (Wildman–Crippen LogP) is 4.15. The van der Waals surface area contributed by atoms with Gasteiger partial charge in [0.2, 0.25) is 0 Å². The standard InChI is InChI=1S/C8H7BrCl2/c1-5-2-8(11)6(4-10)3-7(5)9/h2-3H,4H2,1H3. The molecule has 0 unspecified atom stereocenters. The van der Waals surface area contributed by atoms with E-state index in [2.05, 4.69) is 15.9 Å². The van der Waals surface area contributed by atoms with Gasteiger partial charge in [0.1, 0.15) is 0 Å². The molecule has 0 heterocycles. The van der Waals surface area contributed by atoms with E-state index in [0.29, 0.717) is 5.88 Å². The molecule has 11 heavy (non-hydrogen) atoms. The lowest BCUT2D eigenvalue weighted by Gasteiger charge is -2.03. The summed E-state index contributed by atoms with van der Waals surface area (Å²) in [5, 5.41) is 0.737. The maximum atomic E-state index is 5.90. The van der Waals surface area contributed by atoms with E-state index in [1.54, 1.807) is 0 Å². The first kappa shape index (κ1) is 9.37. The molecule has 0 aliphatic carbocycles. The van der Waals surface area contributed by atoms with Crippen molar-refractivity contribution in [3.8, 4) is 0 Å². The van der Waals surface area contributed by atoms with Gasteiger partial charge in [-0.15, -0.1) is 11.6 Å². The van der Waals surface area contributed by atoms with Crippen molar-refractivity contribution >= 4 is 39.1 Å². The minimum absolute atomic E-state index is 0.456. The van der Waals surface area contributed by atoms with Crippen molar-refractivity contribution in [3.63, 3.8) is 0 Å². The fourth-order valence-corrected chi connectivity index (χ4v) is 1.76. The van der Waals surface area contributed by atoms with E-state index in [1.165, 1.54) is 0 Å². The highest BCUT2D eigenvalue weighted by atomic mass is 79.9. The molecular weight excluding hydrogens is 247 g/mol. The van der Waals surface area contributed by atoms with Gasteiger partial charge in [0, 0.05) is 15.4 Å². The Bertz CT molecular complexity index is 271. The maximum absolute atomic E-state index is 5.90. The van der Waals surface area contributed by atoms with Crippen LogP contribution in [0.3, 0.4) is 0 Å². The smallest absolute Gasteiger partial charge is 0.0489 e. The number of hydrogen-bond donors (Lipinski definition) is 0. The Morgan fingerprint density at radius 3 is 2.64 bits per heavy atom. The molecule has 60 valence electrons. The molecule has 0 amide bonds. The lowest BCUT2D eigenvalue weighted by Crippen LogP contribution is -1.83. The van der Waals surface area contributed by atoms with Crippen LogP contribution in [0.4, 0.5) is 0 Å². The number of benzene rings is 1. The highest BCUT2D eigenvalue weighted by Crippen LogP contribution is 2.25. The number of halogens is 3. The largest absolute Gasteiger partial charge is 0.121 e. The summed E-state index contributed by atoms with van der Waals surface area (Å²) < 4.78 is 1.05. The van der Waals surface area contributed by atoms with Crippen LogP contribution in [0, 0.1) is 6.92 Å². The zero-order valence-corrected chi connectivity index (χ0v) is 9.09. The highest BCUT2D eigenvalue weighted by Gasteiger charge is 2.02. The summed E-state index contributed by atoms with van der Waals surface area (Å²) in [7, 11) is 0. The van der Waals surface area contributed by atoms with E-state index in [9.17, 15) is 0 Å². The monoisotopic (exact) mass is 252 g/mol. The summed E-state index contributed by atoms with van der Waals surface area (Å²) >= 11 is 15.0. The molecule has 1 aromatic carbocycles. The average molecular weight is 254 g/mol. The molecule has 0 atom stereocenters. The van der Waals surface area contributed by atoms with Gasteiger partial charge in [0.15, 0.2) is 0 Å². The fourth-order valence-electron chi connectivity index (χ4n) is 0.790. The first-order valence-corrected chi connectivity index (χ1v) is 4.86. The van der Waals surface area contributed by atoms with Crippen molar-refractivity contribution in [1.29, 1.82) is 0 Å². The Morgan fingerprint density at radius 2 is 2.09 bits per heavy atom. The van der Waals surface area contributed by atoms with Crippen molar-refractivity contribution in [2.75, 3.05) is 0 Å². The summed E-state index contributed by atoms with van der Waals surface area (Å²) in [4.78, 5) is 0. The summed E-state index contributed by atoms with van der Waals surface area (Å²) in [6.45, 7) is 1.99. The van der Waals surface area contributed by atoms with Gasteiger partial charge in [0.05, 0.1) is 0 Å². The molecule has 0 aliphatic heterocycles. The van der Waals surface area contributed by atoms with Gasteiger partial charge in [0.25, 0.3) is 0 Å². The average Bonchev–Trinajstić information content (AvgIpc) is 1.97. The minimum atomic E-state index is 0.456. The fraction of sp³-hybridized carbons (Fsp3) is 0.250. The Labute approximate surface area is 84.6 Å². The summed E-state index contributed by atoms with van der Waals surface area (Å²) in [5.41, 5.74) is 2.09. The molecule has 0 saturated carbocycles. The molecule has 0 nitrogen and oxygen atoms in total. The second-order valence-corrected chi connectivity index (χ2v) is 3.86. The number of aryl methyl sites for hydroxylation is 1. The van der Waals surface area contributed by atoms with Crippen LogP contribution in [-0.4, -0.2) is 0 Å². The van der Waals surface area contributed by atoms with Crippen LogP contribution >= 0.6 is 39.1 Å². The van der Waals surface area contributed by atoms with Crippen molar-refractivity contribution in [2.24, 2.45) is 0 Å². The van der Waals surface area contributed by atoms with Gasteiger partial charge in [-0.25, -0.2) is 0 Å².